The molecule has 1 aliphatic heterocycles. The summed E-state index contributed by atoms with van der Waals surface area (Å²) >= 11 is 0. The summed E-state index contributed by atoms with van der Waals surface area (Å²) in [5.74, 6) is -0.661. The van der Waals surface area contributed by atoms with Crippen molar-refractivity contribution < 1.29 is 18.6 Å². The largest absolute Gasteiger partial charge is 0.504 e. The van der Waals surface area contributed by atoms with Crippen LogP contribution >= 0.6 is 0 Å². The van der Waals surface area contributed by atoms with Gasteiger partial charge in [-0.2, -0.15) is 0 Å². The van der Waals surface area contributed by atoms with Crippen molar-refractivity contribution in [3.63, 3.8) is 0 Å². The van der Waals surface area contributed by atoms with Crippen LogP contribution in [0.5, 0.6) is 11.5 Å². The second kappa shape index (κ2) is 7.64. The summed E-state index contributed by atoms with van der Waals surface area (Å²) in [4.78, 5) is 2.06. The molecule has 6 heteroatoms. The number of hydrogen-bond acceptors (Lipinski definition) is 3. The van der Waals surface area contributed by atoms with Crippen LogP contribution in [-0.2, 0) is 13.1 Å². The zero-order valence-electron chi connectivity index (χ0n) is 15.6. The predicted octanol–water partition coefficient (Wildman–Crippen LogP) is 4.48. The van der Waals surface area contributed by atoms with Crippen LogP contribution in [0.25, 0.3) is 0 Å². The second-order valence-corrected chi connectivity index (χ2v) is 6.98. The van der Waals surface area contributed by atoms with Crippen LogP contribution < -0.4 is 4.74 Å². The van der Waals surface area contributed by atoms with Crippen molar-refractivity contribution in [2.75, 3.05) is 13.7 Å². The van der Waals surface area contributed by atoms with Gasteiger partial charge in [-0.05, 0) is 48.4 Å². The Kier molecular flexibility index (Phi) is 5.05. The number of aryl methyl sites for hydroxylation is 1. The van der Waals surface area contributed by atoms with Crippen LogP contribution in [0.4, 0.5) is 8.78 Å². The van der Waals surface area contributed by atoms with Crippen molar-refractivity contribution in [1.29, 1.82) is 0 Å². The van der Waals surface area contributed by atoms with Crippen molar-refractivity contribution in [2.24, 2.45) is 0 Å². The molecule has 0 saturated heterocycles. The zero-order valence-corrected chi connectivity index (χ0v) is 15.6. The minimum Gasteiger partial charge on any atom is -0.504 e. The summed E-state index contributed by atoms with van der Waals surface area (Å²) in [5, 5.41) is 10.3. The van der Waals surface area contributed by atoms with E-state index in [2.05, 4.69) is 9.47 Å². The molecule has 0 spiro atoms. The maximum absolute atomic E-state index is 14.3. The Labute approximate surface area is 162 Å². The van der Waals surface area contributed by atoms with Crippen molar-refractivity contribution in [1.82, 2.24) is 9.47 Å². The average Bonchev–Trinajstić information content (AvgIpc) is 3.06. The van der Waals surface area contributed by atoms with Crippen LogP contribution in [-0.4, -0.2) is 28.2 Å². The highest BCUT2D eigenvalue weighted by Gasteiger charge is 2.29. The van der Waals surface area contributed by atoms with E-state index in [0.29, 0.717) is 12.3 Å². The van der Waals surface area contributed by atoms with E-state index in [1.165, 1.54) is 25.3 Å². The number of ether oxygens (including phenoxy) is 1. The van der Waals surface area contributed by atoms with Crippen LogP contribution in [0.3, 0.4) is 0 Å². The zero-order chi connectivity index (χ0) is 19.7. The highest BCUT2D eigenvalue weighted by molar-refractivity contribution is 5.44. The third-order valence-electron chi connectivity index (χ3n) is 5.30. The van der Waals surface area contributed by atoms with Gasteiger partial charge in [-0.3, -0.25) is 4.90 Å². The fourth-order valence-corrected chi connectivity index (χ4v) is 3.95. The summed E-state index contributed by atoms with van der Waals surface area (Å²) in [6.45, 7) is 1.64. The number of nitrogens with zero attached hydrogens (tertiary/aromatic N) is 2. The van der Waals surface area contributed by atoms with Gasteiger partial charge in [-0.15, -0.1) is 0 Å². The number of fused-ring (bicyclic) bond motifs is 1. The van der Waals surface area contributed by atoms with Gasteiger partial charge in [0.2, 0.25) is 0 Å². The molecule has 2 heterocycles. The van der Waals surface area contributed by atoms with Gasteiger partial charge in [0.1, 0.15) is 11.6 Å². The van der Waals surface area contributed by atoms with E-state index in [1.807, 2.05) is 24.4 Å². The maximum Gasteiger partial charge on any atom is 0.160 e. The minimum absolute atomic E-state index is 0.0411. The number of phenols is 1. The number of rotatable bonds is 4. The number of halogens is 2. The number of aromatic hydroxyl groups is 1. The highest BCUT2D eigenvalue weighted by atomic mass is 19.1. The quantitative estimate of drug-likeness (QED) is 0.721. The molecule has 1 unspecified atom stereocenters. The van der Waals surface area contributed by atoms with E-state index in [0.717, 1.165) is 24.2 Å². The topological polar surface area (TPSA) is 37.6 Å². The van der Waals surface area contributed by atoms with E-state index in [-0.39, 0.29) is 23.9 Å². The first-order chi connectivity index (χ1) is 13.6. The molecular formula is C22H22F2N2O2. The summed E-state index contributed by atoms with van der Waals surface area (Å²) < 4.78 is 35.9. The molecule has 0 fully saturated rings. The third kappa shape index (κ3) is 3.36. The normalized spacial score (nSPS) is 17.2. The van der Waals surface area contributed by atoms with Gasteiger partial charge in [-0.1, -0.05) is 12.1 Å². The number of phenolic OH excluding ortho intramolecular Hbond substituents is 1. The summed E-state index contributed by atoms with van der Waals surface area (Å²) in [7, 11) is 1.50. The first-order valence-electron chi connectivity index (χ1n) is 9.27. The molecule has 4 rings (SSSR count). The molecule has 0 aliphatic carbocycles. The molecular weight excluding hydrogens is 362 g/mol. The fraction of sp³-hybridized carbons (Fsp3) is 0.273. The lowest BCUT2D eigenvalue weighted by Gasteiger charge is -2.31. The van der Waals surface area contributed by atoms with Crippen LogP contribution in [0.15, 0.2) is 54.7 Å². The van der Waals surface area contributed by atoms with E-state index in [1.54, 1.807) is 12.1 Å². The Bertz CT molecular complexity index is 966. The number of benzene rings is 2. The lowest BCUT2D eigenvalue weighted by molar-refractivity contribution is 0.213. The molecule has 1 aliphatic rings. The Hall–Kier alpha value is -2.86. The van der Waals surface area contributed by atoms with Crippen molar-refractivity contribution in [2.45, 2.75) is 25.6 Å². The number of hydrogen-bond donors (Lipinski definition) is 1. The van der Waals surface area contributed by atoms with E-state index >= 15 is 0 Å². The molecule has 0 radical (unpaired) electrons. The highest BCUT2D eigenvalue weighted by Crippen LogP contribution is 2.37. The average molecular weight is 384 g/mol. The van der Waals surface area contributed by atoms with Crippen molar-refractivity contribution in [3.8, 4) is 11.5 Å². The smallest absolute Gasteiger partial charge is 0.160 e. The van der Waals surface area contributed by atoms with Crippen LogP contribution in [0, 0.1) is 11.6 Å². The SMILES string of the molecule is COc1ccc(C2c3cccn3CCCN2Cc2c(F)cccc2F)cc1O. The molecule has 2 aromatic carbocycles. The van der Waals surface area contributed by atoms with Gasteiger partial charge in [0.25, 0.3) is 0 Å². The fourth-order valence-electron chi connectivity index (χ4n) is 3.95. The molecule has 1 atom stereocenters. The van der Waals surface area contributed by atoms with E-state index in [9.17, 15) is 13.9 Å². The second-order valence-electron chi connectivity index (χ2n) is 6.98. The summed E-state index contributed by atoms with van der Waals surface area (Å²) in [5.41, 5.74) is 1.93. The van der Waals surface area contributed by atoms with Crippen LogP contribution in [0.2, 0.25) is 0 Å². The number of aromatic nitrogens is 1. The Balaban J connectivity index is 1.79. The van der Waals surface area contributed by atoms with Gasteiger partial charge in [0.05, 0.1) is 13.2 Å². The summed E-state index contributed by atoms with van der Waals surface area (Å²) in [6.07, 6.45) is 2.87. The Morgan fingerprint density at radius 1 is 1.07 bits per heavy atom. The van der Waals surface area contributed by atoms with E-state index in [4.69, 9.17) is 4.74 Å². The molecule has 0 bridgehead atoms. The predicted molar refractivity (Wildman–Crippen MR) is 102 cm³/mol. The van der Waals surface area contributed by atoms with Gasteiger partial charge in [0, 0.05) is 37.1 Å². The first-order valence-corrected chi connectivity index (χ1v) is 9.27. The molecule has 1 aromatic heterocycles. The molecule has 0 saturated carbocycles. The molecule has 1 N–H and O–H groups in total. The number of methoxy groups -OCH3 is 1. The minimum atomic E-state index is -0.545. The van der Waals surface area contributed by atoms with Gasteiger partial charge >= 0.3 is 0 Å². The molecule has 146 valence electrons. The Morgan fingerprint density at radius 3 is 2.57 bits per heavy atom. The van der Waals surface area contributed by atoms with Gasteiger partial charge in [-0.25, -0.2) is 8.78 Å². The van der Waals surface area contributed by atoms with Crippen molar-refractivity contribution in [3.05, 3.63) is 83.2 Å². The standard InChI is InChI=1S/C22H22F2N2O2/c1-28-21-9-8-15(13-20(21)27)22-19-7-3-10-25(19)11-4-12-26(22)14-16-17(23)5-2-6-18(16)24/h2-3,5-10,13,22,27H,4,11-12,14H2,1H3. The van der Waals surface area contributed by atoms with E-state index < -0.39 is 11.6 Å². The van der Waals surface area contributed by atoms with Crippen molar-refractivity contribution >= 4 is 0 Å². The maximum atomic E-state index is 14.3. The summed E-state index contributed by atoms with van der Waals surface area (Å²) in [6, 6.07) is 13.0. The Morgan fingerprint density at radius 2 is 1.86 bits per heavy atom. The first kappa shape index (κ1) is 18.5. The third-order valence-corrected chi connectivity index (χ3v) is 5.30. The molecule has 0 amide bonds. The lowest BCUT2D eigenvalue weighted by atomic mass is 10.00. The molecule has 28 heavy (non-hydrogen) atoms. The molecule has 3 aromatic rings. The lowest BCUT2D eigenvalue weighted by Crippen LogP contribution is -2.30. The van der Waals surface area contributed by atoms with Gasteiger partial charge in [0.15, 0.2) is 11.5 Å². The monoisotopic (exact) mass is 384 g/mol. The molecule has 4 nitrogen and oxygen atoms in total. The van der Waals surface area contributed by atoms with Gasteiger partial charge < -0.3 is 14.4 Å². The van der Waals surface area contributed by atoms with Crippen LogP contribution in [0.1, 0.15) is 29.3 Å².